The van der Waals surface area contributed by atoms with E-state index in [1.165, 1.54) is 5.56 Å². The summed E-state index contributed by atoms with van der Waals surface area (Å²) in [7, 11) is 0. The molecule has 0 saturated carbocycles. The van der Waals surface area contributed by atoms with E-state index in [1.807, 2.05) is 18.2 Å². The molecule has 2 unspecified atom stereocenters. The zero-order valence-electron chi connectivity index (χ0n) is 16.8. The smallest absolute Gasteiger partial charge is 0.248 e. The van der Waals surface area contributed by atoms with Crippen LogP contribution in [0.15, 0.2) is 59.6 Å². The van der Waals surface area contributed by atoms with Gasteiger partial charge in [0.15, 0.2) is 5.96 Å². The highest BCUT2D eigenvalue weighted by Gasteiger charge is 2.28. The number of guanidine groups is 1. The van der Waals surface area contributed by atoms with E-state index in [9.17, 15) is 4.79 Å². The molecule has 148 valence electrons. The molecule has 1 aliphatic rings. The SMILES string of the molecule is CCNC(=NCc1cccc(C(N)=O)c1)N1CCC(c2ccccc2)C(C)C1. The molecule has 3 N–H and O–H groups in total. The van der Waals surface area contributed by atoms with Gasteiger partial charge in [0.05, 0.1) is 6.54 Å². The standard InChI is InChI=1S/C23H30N4O/c1-3-25-23(26-15-18-8-7-11-20(14-18)22(24)28)27-13-12-21(17(2)16-27)19-9-5-4-6-10-19/h4-11,14,17,21H,3,12-13,15-16H2,1-2H3,(H2,24,28)(H,25,26). The Morgan fingerprint density at radius 2 is 2.00 bits per heavy atom. The van der Waals surface area contributed by atoms with Crippen LogP contribution in [0, 0.1) is 5.92 Å². The maximum Gasteiger partial charge on any atom is 0.248 e. The summed E-state index contributed by atoms with van der Waals surface area (Å²) in [4.78, 5) is 18.6. The molecule has 1 saturated heterocycles. The minimum atomic E-state index is -0.408. The Labute approximate surface area is 167 Å². The number of piperidine rings is 1. The van der Waals surface area contributed by atoms with Gasteiger partial charge >= 0.3 is 0 Å². The van der Waals surface area contributed by atoms with Gasteiger partial charge in [-0.1, -0.05) is 49.4 Å². The van der Waals surface area contributed by atoms with Crippen molar-refractivity contribution in [3.05, 3.63) is 71.3 Å². The van der Waals surface area contributed by atoms with Gasteiger partial charge in [-0.2, -0.15) is 0 Å². The second-order valence-corrected chi connectivity index (χ2v) is 7.46. The monoisotopic (exact) mass is 378 g/mol. The maximum atomic E-state index is 11.4. The van der Waals surface area contributed by atoms with E-state index in [-0.39, 0.29) is 0 Å². The highest BCUT2D eigenvalue weighted by molar-refractivity contribution is 5.92. The number of carbonyl (C=O) groups is 1. The molecule has 2 aromatic carbocycles. The van der Waals surface area contributed by atoms with Gasteiger partial charge in [0.2, 0.25) is 5.91 Å². The van der Waals surface area contributed by atoms with Crippen molar-refractivity contribution in [2.24, 2.45) is 16.6 Å². The number of rotatable bonds is 5. The van der Waals surface area contributed by atoms with Crippen molar-refractivity contribution in [2.45, 2.75) is 32.7 Å². The molecule has 2 atom stereocenters. The number of aliphatic imine (C=N–C) groups is 1. The highest BCUT2D eigenvalue weighted by atomic mass is 16.1. The highest BCUT2D eigenvalue weighted by Crippen LogP contribution is 2.32. The Bertz CT molecular complexity index is 818. The average Bonchev–Trinajstić information content (AvgIpc) is 2.72. The van der Waals surface area contributed by atoms with Gasteiger partial charge in [-0.25, -0.2) is 4.99 Å². The van der Waals surface area contributed by atoms with Crippen LogP contribution in [-0.4, -0.2) is 36.4 Å². The zero-order chi connectivity index (χ0) is 19.9. The van der Waals surface area contributed by atoms with Gasteiger partial charge in [0.1, 0.15) is 0 Å². The molecule has 1 amide bonds. The lowest BCUT2D eigenvalue weighted by Gasteiger charge is -2.39. The third-order valence-electron chi connectivity index (χ3n) is 5.39. The molecule has 1 aliphatic heterocycles. The lowest BCUT2D eigenvalue weighted by atomic mass is 9.82. The summed E-state index contributed by atoms with van der Waals surface area (Å²) in [5.74, 6) is 1.67. The molecule has 0 radical (unpaired) electrons. The predicted molar refractivity (Wildman–Crippen MR) is 114 cm³/mol. The van der Waals surface area contributed by atoms with Crippen LogP contribution in [0.5, 0.6) is 0 Å². The fraction of sp³-hybridized carbons (Fsp3) is 0.391. The van der Waals surface area contributed by atoms with Gasteiger partial charge in [-0.15, -0.1) is 0 Å². The fourth-order valence-corrected chi connectivity index (χ4v) is 3.95. The van der Waals surface area contributed by atoms with Crippen LogP contribution >= 0.6 is 0 Å². The molecule has 0 aromatic heterocycles. The molecular weight excluding hydrogens is 348 g/mol. The first kappa shape index (κ1) is 19.9. The van der Waals surface area contributed by atoms with Crippen LogP contribution in [0.3, 0.4) is 0 Å². The lowest BCUT2D eigenvalue weighted by molar-refractivity contribution is 0.1000. The summed E-state index contributed by atoms with van der Waals surface area (Å²) in [5.41, 5.74) is 8.32. The average molecular weight is 379 g/mol. The lowest BCUT2D eigenvalue weighted by Crippen LogP contribution is -2.48. The molecule has 5 heteroatoms. The normalized spacial score (nSPS) is 20.1. The Morgan fingerprint density at radius 1 is 1.21 bits per heavy atom. The van der Waals surface area contributed by atoms with Crippen molar-refractivity contribution in [1.82, 2.24) is 10.2 Å². The molecule has 1 fully saturated rings. The van der Waals surface area contributed by atoms with Gasteiger partial charge in [-0.05, 0) is 48.4 Å². The molecule has 3 rings (SSSR count). The second-order valence-electron chi connectivity index (χ2n) is 7.46. The van der Waals surface area contributed by atoms with Crippen LogP contribution in [-0.2, 0) is 6.54 Å². The summed E-state index contributed by atoms with van der Waals surface area (Å²) in [5, 5.41) is 3.42. The van der Waals surface area contributed by atoms with Crippen LogP contribution < -0.4 is 11.1 Å². The number of nitrogens with two attached hydrogens (primary N) is 1. The topological polar surface area (TPSA) is 70.7 Å². The van der Waals surface area contributed by atoms with Crippen LogP contribution in [0.25, 0.3) is 0 Å². The van der Waals surface area contributed by atoms with E-state index in [0.717, 1.165) is 37.6 Å². The van der Waals surface area contributed by atoms with Gasteiger partial charge < -0.3 is 16.0 Å². The summed E-state index contributed by atoms with van der Waals surface area (Å²) in [6.45, 7) is 7.72. The van der Waals surface area contributed by atoms with Crippen molar-refractivity contribution < 1.29 is 4.79 Å². The van der Waals surface area contributed by atoms with Crippen LogP contribution in [0.2, 0.25) is 0 Å². The third-order valence-corrected chi connectivity index (χ3v) is 5.39. The van der Waals surface area contributed by atoms with Gasteiger partial charge in [0.25, 0.3) is 0 Å². The number of primary amides is 1. The van der Waals surface area contributed by atoms with Crippen molar-refractivity contribution >= 4 is 11.9 Å². The second kappa shape index (κ2) is 9.40. The van der Waals surface area contributed by atoms with Crippen molar-refractivity contribution in [2.75, 3.05) is 19.6 Å². The van der Waals surface area contributed by atoms with E-state index in [0.29, 0.717) is 23.9 Å². The Hall–Kier alpha value is -2.82. The third kappa shape index (κ3) is 4.91. The number of amides is 1. The Morgan fingerprint density at radius 3 is 2.68 bits per heavy atom. The maximum absolute atomic E-state index is 11.4. The first-order chi connectivity index (χ1) is 13.6. The van der Waals surface area contributed by atoms with Crippen molar-refractivity contribution in [3.63, 3.8) is 0 Å². The Balaban J connectivity index is 1.69. The number of carbonyl (C=O) groups excluding carboxylic acids is 1. The predicted octanol–water partition coefficient (Wildman–Crippen LogP) is 3.38. The molecule has 5 nitrogen and oxygen atoms in total. The zero-order valence-corrected chi connectivity index (χ0v) is 16.8. The fourth-order valence-electron chi connectivity index (χ4n) is 3.95. The molecular formula is C23H30N4O. The van der Waals surface area contributed by atoms with Gasteiger partial charge in [-0.3, -0.25) is 4.79 Å². The molecule has 1 heterocycles. The number of likely N-dealkylation sites (tertiary alicyclic amines) is 1. The van der Waals surface area contributed by atoms with E-state index in [4.69, 9.17) is 10.7 Å². The number of nitrogens with zero attached hydrogens (tertiary/aromatic N) is 2. The largest absolute Gasteiger partial charge is 0.366 e. The summed E-state index contributed by atoms with van der Waals surface area (Å²) in [6, 6.07) is 18.2. The molecule has 0 bridgehead atoms. The van der Waals surface area contributed by atoms with Crippen LogP contribution in [0.4, 0.5) is 0 Å². The number of nitrogens with one attached hydrogen (secondary N) is 1. The summed E-state index contributed by atoms with van der Waals surface area (Å²) < 4.78 is 0. The number of benzene rings is 2. The van der Waals surface area contributed by atoms with Crippen molar-refractivity contribution in [3.8, 4) is 0 Å². The first-order valence-electron chi connectivity index (χ1n) is 10.1. The molecule has 0 aliphatic carbocycles. The van der Waals surface area contributed by atoms with E-state index in [2.05, 4.69) is 54.4 Å². The van der Waals surface area contributed by atoms with E-state index in [1.54, 1.807) is 6.07 Å². The molecule has 2 aromatic rings. The number of hydrogen-bond acceptors (Lipinski definition) is 2. The minimum absolute atomic E-state index is 0.408. The molecule has 28 heavy (non-hydrogen) atoms. The van der Waals surface area contributed by atoms with E-state index < -0.39 is 5.91 Å². The molecule has 0 spiro atoms. The van der Waals surface area contributed by atoms with E-state index >= 15 is 0 Å². The minimum Gasteiger partial charge on any atom is -0.366 e. The summed E-state index contributed by atoms with van der Waals surface area (Å²) in [6.07, 6.45) is 1.12. The summed E-state index contributed by atoms with van der Waals surface area (Å²) >= 11 is 0. The first-order valence-corrected chi connectivity index (χ1v) is 10.1. The Kier molecular flexibility index (Phi) is 6.69. The van der Waals surface area contributed by atoms with Gasteiger partial charge in [0, 0.05) is 25.2 Å². The van der Waals surface area contributed by atoms with Crippen molar-refractivity contribution in [1.29, 1.82) is 0 Å². The van der Waals surface area contributed by atoms with Crippen LogP contribution in [0.1, 0.15) is 47.7 Å². The quantitative estimate of drug-likeness (QED) is 0.619. The number of hydrogen-bond donors (Lipinski definition) is 2.